The molecule has 1 atom stereocenters. The summed E-state index contributed by atoms with van der Waals surface area (Å²) in [5.74, 6) is 0. The number of carbonyl (C=O) groups is 1. The Bertz CT molecular complexity index is 499. The van der Waals surface area contributed by atoms with Gasteiger partial charge in [0.15, 0.2) is 12.0 Å². The first-order valence-electron chi connectivity index (χ1n) is 6.71. The van der Waals surface area contributed by atoms with Crippen LogP contribution in [0.1, 0.15) is 49.9 Å². The van der Waals surface area contributed by atoms with E-state index in [2.05, 4.69) is 12.0 Å². The van der Waals surface area contributed by atoms with Crippen molar-refractivity contribution in [2.45, 2.75) is 45.3 Å². The SMILES string of the molecule is CCCCC1(O)CC(C)=NN1c1ccccc1C=O. The Morgan fingerprint density at radius 1 is 1.47 bits per heavy atom. The fraction of sp³-hybridized carbons (Fsp3) is 0.467. The molecule has 1 aromatic rings. The van der Waals surface area contributed by atoms with Crippen LogP contribution < -0.4 is 5.01 Å². The van der Waals surface area contributed by atoms with Crippen LogP contribution >= 0.6 is 0 Å². The number of rotatable bonds is 5. The second kappa shape index (κ2) is 5.53. The third-order valence-electron chi connectivity index (χ3n) is 3.43. The summed E-state index contributed by atoms with van der Waals surface area (Å²) in [7, 11) is 0. The molecule has 0 saturated heterocycles. The topological polar surface area (TPSA) is 52.9 Å². The number of unbranched alkanes of at least 4 members (excludes halogenated alkanes) is 1. The Morgan fingerprint density at radius 2 is 2.21 bits per heavy atom. The van der Waals surface area contributed by atoms with Crippen molar-refractivity contribution < 1.29 is 9.90 Å². The number of aliphatic hydroxyl groups is 1. The van der Waals surface area contributed by atoms with E-state index in [4.69, 9.17) is 0 Å². The minimum atomic E-state index is -1.00. The van der Waals surface area contributed by atoms with Crippen molar-refractivity contribution in [1.82, 2.24) is 0 Å². The first-order valence-corrected chi connectivity index (χ1v) is 6.71. The smallest absolute Gasteiger partial charge is 0.163 e. The van der Waals surface area contributed by atoms with Gasteiger partial charge in [-0.15, -0.1) is 0 Å². The summed E-state index contributed by atoms with van der Waals surface area (Å²) in [5, 5.41) is 16.8. The third-order valence-corrected chi connectivity index (χ3v) is 3.43. The van der Waals surface area contributed by atoms with Crippen molar-refractivity contribution in [1.29, 1.82) is 0 Å². The minimum Gasteiger partial charge on any atom is -0.369 e. The predicted molar refractivity (Wildman–Crippen MR) is 76.5 cm³/mol. The number of para-hydroxylation sites is 1. The Morgan fingerprint density at radius 3 is 2.89 bits per heavy atom. The molecule has 2 rings (SSSR count). The van der Waals surface area contributed by atoms with Crippen molar-refractivity contribution in [3.63, 3.8) is 0 Å². The van der Waals surface area contributed by atoms with Crippen molar-refractivity contribution in [2.24, 2.45) is 5.10 Å². The van der Waals surface area contributed by atoms with Gasteiger partial charge in [-0.3, -0.25) is 4.79 Å². The highest BCUT2D eigenvalue weighted by Gasteiger charge is 2.40. The zero-order valence-corrected chi connectivity index (χ0v) is 11.5. The van der Waals surface area contributed by atoms with Gasteiger partial charge in [-0.05, 0) is 31.9 Å². The maximum atomic E-state index is 11.1. The molecule has 1 heterocycles. The predicted octanol–water partition coefficient (Wildman–Crippen LogP) is 2.96. The highest BCUT2D eigenvalue weighted by Crippen LogP contribution is 2.36. The van der Waals surface area contributed by atoms with E-state index in [1.54, 1.807) is 11.1 Å². The maximum absolute atomic E-state index is 11.1. The molecule has 0 fully saturated rings. The van der Waals surface area contributed by atoms with Crippen LogP contribution in [0.2, 0.25) is 0 Å². The molecule has 1 unspecified atom stereocenters. The van der Waals surface area contributed by atoms with E-state index in [0.29, 0.717) is 24.1 Å². The largest absolute Gasteiger partial charge is 0.369 e. The van der Waals surface area contributed by atoms with E-state index in [1.807, 2.05) is 25.1 Å². The van der Waals surface area contributed by atoms with E-state index in [-0.39, 0.29) is 0 Å². The Kier molecular flexibility index (Phi) is 4.00. The summed E-state index contributed by atoms with van der Waals surface area (Å²) < 4.78 is 0. The molecule has 1 aromatic carbocycles. The van der Waals surface area contributed by atoms with Crippen LogP contribution in [-0.4, -0.2) is 22.8 Å². The lowest BCUT2D eigenvalue weighted by Crippen LogP contribution is -2.43. The Balaban J connectivity index is 2.37. The van der Waals surface area contributed by atoms with Gasteiger partial charge in [-0.2, -0.15) is 5.10 Å². The molecule has 0 spiro atoms. The van der Waals surface area contributed by atoms with Gasteiger partial charge in [0.05, 0.1) is 5.69 Å². The molecule has 0 saturated carbocycles. The first kappa shape index (κ1) is 13.7. The van der Waals surface area contributed by atoms with Crippen LogP contribution in [-0.2, 0) is 0 Å². The summed E-state index contributed by atoms with van der Waals surface area (Å²) in [6.45, 7) is 4.00. The van der Waals surface area contributed by atoms with Crippen LogP contribution in [0.5, 0.6) is 0 Å². The maximum Gasteiger partial charge on any atom is 0.163 e. The number of carbonyl (C=O) groups excluding carboxylic acids is 1. The normalized spacial score (nSPS) is 22.5. The first-order chi connectivity index (χ1) is 9.10. The number of hydrogen-bond acceptors (Lipinski definition) is 4. The molecule has 0 bridgehead atoms. The standard InChI is InChI=1S/C15H20N2O2/c1-3-4-9-15(19)10-12(2)16-17(15)14-8-6-5-7-13(14)11-18/h5-8,11,19H,3-4,9-10H2,1-2H3. The molecule has 1 aliphatic heterocycles. The number of aldehydes is 1. The Labute approximate surface area is 113 Å². The third kappa shape index (κ3) is 2.68. The lowest BCUT2D eigenvalue weighted by Gasteiger charge is -2.33. The number of hydrogen-bond donors (Lipinski definition) is 1. The quantitative estimate of drug-likeness (QED) is 0.828. The van der Waals surface area contributed by atoms with E-state index >= 15 is 0 Å². The lowest BCUT2D eigenvalue weighted by atomic mass is 9.99. The van der Waals surface area contributed by atoms with Crippen LogP contribution in [0, 0.1) is 0 Å². The molecule has 0 aromatic heterocycles. The summed E-state index contributed by atoms with van der Waals surface area (Å²) in [6, 6.07) is 7.23. The average Bonchev–Trinajstić information content (AvgIpc) is 2.72. The van der Waals surface area contributed by atoms with Gasteiger partial charge in [0.1, 0.15) is 0 Å². The number of hydrazone groups is 1. The van der Waals surface area contributed by atoms with Crippen LogP contribution in [0.25, 0.3) is 0 Å². The Hall–Kier alpha value is -1.68. The lowest BCUT2D eigenvalue weighted by molar-refractivity contribution is 0.0411. The molecule has 4 nitrogen and oxygen atoms in total. The van der Waals surface area contributed by atoms with Gasteiger partial charge >= 0.3 is 0 Å². The highest BCUT2D eigenvalue weighted by molar-refractivity contribution is 5.90. The van der Waals surface area contributed by atoms with Crippen LogP contribution in [0.4, 0.5) is 5.69 Å². The second-order valence-electron chi connectivity index (χ2n) is 5.09. The second-order valence-corrected chi connectivity index (χ2v) is 5.09. The van der Waals surface area contributed by atoms with Crippen molar-refractivity contribution in [2.75, 3.05) is 5.01 Å². The molecule has 19 heavy (non-hydrogen) atoms. The molecule has 102 valence electrons. The van der Waals surface area contributed by atoms with Gasteiger partial charge in [-0.25, -0.2) is 5.01 Å². The fourth-order valence-corrected chi connectivity index (χ4v) is 2.50. The fourth-order valence-electron chi connectivity index (χ4n) is 2.50. The van der Waals surface area contributed by atoms with Gasteiger partial charge in [0.2, 0.25) is 0 Å². The van der Waals surface area contributed by atoms with Gasteiger partial charge in [0.25, 0.3) is 0 Å². The van der Waals surface area contributed by atoms with E-state index in [1.165, 1.54) is 0 Å². The number of anilines is 1. The average molecular weight is 260 g/mol. The monoisotopic (exact) mass is 260 g/mol. The minimum absolute atomic E-state index is 0.528. The highest BCUT2D eigenvalue weighted by atomic mass is 16.3. The van der Waals surface area contributed by atoms with E-state index in [0.717, 1.165) is 24.8 Å². The van der Waals surface area contributed by atoms with Crippen LogP contribution in [0.15, 0.2) is 29.4 Å². The number of nitrogens with zero attached hydrogens (tertiary/aromatic N) is 2. The zero-order chi connectivity index (χ0) is 13.9. The van der Waals surface area contributed by atoms with Crippen molar-refractivity contribution in [3.8, 4) is 0 Å². The molecule has 1 aliphatic rings. The summed E-state index contributed by atoms with van der Waals surface area (Å²) in [4.78, 5) is 11.1. The summed E-state index contributed by atoms with van der Waals surface area (Å²) >= 11 is 0. The van der Waals surface area contributed by atoms with E-state index in [9.17, 15) is 9.90 Å². The van der Waals surface area contributed by atoms with Crippen LogP contribution in [0.3, 0.4) is 0 Å². The summed E-state index contributed by atoms with van der Waals surface area (Å²) in [6.07, 6.45) is 3.93. The zero-order valence-electron chi connectivity index (χ0n) is 11.5. The molecule has 4 heteroatoms. The molecule has 1 N–H and O–H groups in total. The molecular weight excluding hydrogens is 240 g/mol. The molecule has 0 amide bonds. The van der Waals surface area contributed by atoms with Crippen molar-refractivity contribution in [3.05, 3.63) is 29.8 Å². The van der Waals surface area contributed by atoms with Gasteiger partial charge in [0, 0.05) is 17.7 Å². The summed E-state index contributed by atoms with van der Waals surface area (Å²) in [5.41, 5.74) is 1.11. The van der Waals surface area contributed by atoms with E-state index < -0.39 is 5.72 Å². The van der Waals surface area contributed by atoms with Gasteiger partial charge < -0.3 is 5.11 Å². The van der Waals surface area contributed by atoms with Crippen molar-refractivity contribution >= 4 is 17.7 Å². The number of benzene rings is 1. The molecule has 0 aliphatic carbocycles. The molecular formula is C15H20N2O2. The molecule has 0 radical (unpaired) electrons. The van der Waals surface area contributed by atoms with Gasteiger partial charge in [-0.1, -0.05) is 25.5 Å².